The Morgan fingerprint density at radius 3 is 2.54 bits per heavy atom. The van der Waals surface area contributed by atoms with Crippen LogP contribution in [0.25, 0.3) is 0 Å². The van der Waals surface area contributed by atoms with Crippen molar-refractivity contribution in [2.24, 2.45) is 0 Å². The van der Waals surface area contributed by atoms with E-state index in [1.165, 1.54) is 0 Å². The average Bonchev–Trinajstić information content (AvgIpc) is 2.03. The first-order chi connectivity index (χ1) is 6.02. The Kier molecular flexibility index (Phi) is 6.67. The van der Waals surface area contributed by atoms with E-state index in [0.29, 0.717) is 6.54 Å². The Hall–Kier alpha value is 0.160. The van der Waals surface area contributed by atoms with Crippen molar-refractivity contribution in [3.05, 3.63) is 0 Å². The molecule has 0 aliphatic rings. The van der Waals surface area contributed by atoms with Gasteiger partial charge >= 0.3 is 0 Å². The molecule has 0 aliphatic carbocycles. The van der Waals surface area contributed by atoms with Crippen LogP contribution in [-0.4, -0.2) is 51.6 Å². The third kappa shape index (κ3) is 7.25. The minimum atomic E-state index is -3.14. The molecule has 0 amide bonds. The summed E-state index contributed by atoms with van der Waals surface area (Å²) in [6.45, 7) is 4.10. The van der Waals surface area contributed by atoms with Crippen LogP contribution in [-0.2, 0) is 10.0 Å². The molecule has 13 heavy (non-hydrogen) atoms. The molecule has 0 bridgehead atoms. The fourth-order valence-corrected chi connectivity index (χ4v) is 2.08. The van der Waals surface area contributed by atoms with Gasteiger partial charge in [0.15, 0.2) is 0 Å². The minimum absolute atomic E-state index is 0.00953. The van der Waals surface area contributed by atoms with E-state index in [2.05, 4.69) is 4.72 Å². The predicted octanol–water partition coefficient (Wildman–Crippen LogP) is 0.0963. The van der Waals surface area contributed by atoms with E-state index in [1.54, 1.807) is 0 Å². The summed E-state index contributed by atoms with van der Waals surface area (Å²) >= 11 is 5.33. The Morgan fingerprint density at radius 1 is 1.46 bits per heavy atom. The Balaban J connectivity index is 3.64. The molecule has 80 valence electrons. The first-order valence-electron chi connectivity index (χ1n) is 4.23. The summed E-state index contributed by atoms with van der Waals surface area (Å²) < 4.78 is 24.6. The molecule has 4 nitrogen and oxygen atoms in total. The van der Waals surface area contributed by atoms with Crippen molar-refractivity contribution < 1.29 is 8.42 Å². The molecule has 0 aromatic rings. The quantitative estimate of drug-likeness (QED) is 0.629. The van der Waals surface area contributed by atoms with Crippen LogP contribution < -0.4 is 4.72 Å². The average molecular weight is 229 g/mol. The molecule has 0 saturated heterocycles. The van der Waals surface area contributed by atoms with Crippen LogP contribution in [0.4, 0.5) is 0 Å². The van der Waals surface area contributed by atoms with E-state index in [1.807, 2.05) is 18.9 Å². The molecule has 0 fully saturated rings. The van der Waals surface area contributed by atoms with E-state index in [4.69, 9.17) is 11.6 Å². The number of alkyl halides is 1. The number of nitrogens with zero attached hydrogens (tertiary/aromatic N) is 1. The molecule has 0 aliphatic heterocycles. The highest BCUT2D eigenvalue weighted by atomic mass is 35.5. The molecule has 0 unspecified atom stereocenters. The Labute approximate surface area is 85.3 Å². The molecule has 0 spiro atoms. The molecule has 0 atom stereocenters. The third-order valence-electron chi connectivity index (χ3n) is 1.70. The molecule has 0 saturated carbocycles. The topological polar surface area (TPSA) is 49.4 Å². The standard InChI is InChI=1S/C7H17ClN2O2S/c1-3-10(2)6-5-9-13(11,12)7-4-8/h9H,3-7H2,1-2H3. The number of nitrogens with one attached hydrogen (secondary N) is 1. The summed E-state index contributed by atoms with van der Waals surface area (Å²) in [5.74, 6) is 0.128. The maximum atomic E-state index is 11.1. The van der Waals surface area contributed by atoms with Crippen molar-refractivity contribution in [2.45, 2.75) is 6.92 Å². The van der Waals surface area contributed by atoms with E-state index in [9.17, 15) is 8.42 Å². The van der Waals surface area contributed by atoms with Crippen LogP contribution in [0, 0.1) is 0 Å². The van der Waals surface area contributed by atoms with Gasteiger partial charge in [0, 0.05) is 19.0 Å². The highest BCUT2D eigenvalue weighted by molar-refractivity contribution is 7.89. The monoisotopic (exact) mass is 228 g/mol. The first-order valence-corrected chi connectivity index (χ1v) is 6.42. The molecular formula is C7H17ClN2O2S. The van der Waals surface area contributed by atoms with Gasteiger partial charge in [0.1, 0.15) is 0 Å². The Bertz CT molecular complexity index is 219. The fourth-order valence-electron chi connectivity index (χ4n) is 0.724. The van der Waals surface area contributed by atoms with Crippen LogP contribution in [0.5, 0.6) is 0 Å². The zero-order chi connectivity index (χ0) is 10.3. The lowest BCUT2D eigenvalue weighted by Gasteiger charge is -2.13. The van der Waals surface area contributed by atoms with Gasteiger partial charge in [0.25, 0.3) is 0 Å². The summed E-state index contributed by atoms with van der Waals surface area (Å²) in [6, 6.07) is 0. The van der Waals surface area contributed by atoms with Crippen LogP contribution in [0.15, 0.2) is 0 Å². The van der Waals surface area contributed by atoms with Gasteiger partial charge in [0.2, 0.25) is 10.0 Å². The first kappa shape index (κ1) is 13.2. The molecule has 0 heterocycles. The van der Waals surface area contributed by atoms with Crippen molar-refractivity contribution >= 4 is 21.6 Å². The molecule has 6 heteroatoms. The molecular weight excluding hydrogens is 212 g/mol. The second-order valence-corrected chi connectivity index (χ2v) is 5.10. The van der Waals surface area contributed by atoms with Gasteiger partial charge in [-0.25, -0.2) is 13.1 Å². The van der Waals surface area contributed by atoms with E-state index >= 15 is 0 Å². The summed E-state index contributed by atoms with van der Waals surface area (Å²) in [4.78, 5) is 2.03. The second-order valence-electron chi connectivity index (χ2n) is 2.80. The Morgan fingerprint density at radius 2 is 2.08 bits per heavy atom. The number of sulfonamides is 1. The molecule has 0 radical (unpaired) electrons. The van der Waals surface area contributed by atoms with Gasteiger partial charge in [-0.3, -0.25) is 0 Å². The smallest absolute Gasteiger partial charge is 0.212 e. The zero-order valence-corrected chi connectivity index (χ0v) is 9.66. The summed E-state index contributed by atoms with van der Waals surface area (Å²) in [5, 5.41) is 0. The lowest BCUT2D eigenvalue weighted by atomic mass is 10.5. The van der Waals surface area contributed by atoms with Crippen molar-refractivity contribution in [3.63, 3.8) is 0 Å². The number of hydrogen-bond acceptors (Lipinski definition) is 3. The maximum Gasteiger partial charge on any atom is 0.212 e. The summed E-state index contributed by atoms with van der Waals surface area (Å²) in [5.41, 5.74) is 0. The normalized spacial score (nSPS) is 12.3. The number of halogens is 1. The van der Waals surface area contributed by atoms with Crippen molar-refractivity contribution in [1.82, 2.24) is 9.62 Å². The number of hydrogen-bond donors (Lipinski definition) is 1. The SMILES string of the molecule is CCN(C)CCNS(=O)(=O)CCCl. The van der Waals surface area contributed by atoms with E-state index in [0.717, 1.165) is 13.1 Å². The highest BCUT2D eigenvalue weighted by Gasteiger charge is 2.07. The third-order valence-corrected chi connectivity index (χ3v) is 3.50. The van der Waals surface area contributed by atoms with Gasteiger partial charge in [-0.15, -0.1) is 11.6 Å². The van der Waals surface area contributed by atoms with Gasteiger partial charge in [-0.1, -0.05) is 6.92 Å². The van der Waals surface area contributed by atoms with Crippen molar-refractivity contribution in [1.29, 1.82) is 0 Å². The van der Waals surface area contributed by atoms with Crippen LogP contribution >= 0.6 is 11.6 Å². The van der Waals surface area contributed by atoms with Crippen LogP contribution in [0.1, 0.15) is 6.92 Å². The lowest BCUT2D eigenvalue weighted by molar-refractivity contribution is 0.358. The van der Waals surface area contributed by atoms with E-state index < -0.39 is 10.0 Å². The number of likely N-dealkylation sites (N-methyl/N-ethyl adjacent to an activating group) is 1. The van der Waals surface area contributed by atoms with Crippen LogP contribution in [0.3, 0.4) is 0 Å². The molecule has 0 aromatic carbocycles. The van der Waals surface area contributed by atoms with Gasteiger partial charge in [-0.05, 0) is 13.6 Å². The van der Waals surface area contributed by atoms with Crippen molar-refractivity contribution in [2.75, 3.05) is 38.3 Å². The highest BCUT2D eigenvalue weighted by Crippen LogP contribution is 1.87. The summed E-state index contributed by atoms with van der Waals surface area (Å²) in [6.07, 6.45) is 0. The minimum Gasteiger partial charge on any atom is -0.305 e. The maximum absolute atomic E-state index is 11.1. The lowest BCUT2D eigenvalue weighted by Crippen LogP contribution is -2.34. The zero-order valence-electron chi connectivity index (χ0n) is 8.09. The van der Waals surface area contributed by atoms with E-state index in [-0.39, 0.29) is 11.6 Å². The molecule has 0 aromatic heterocycles. The molecule has 1 N–H and O–H groups in total. The van der Waals surface area contributed by atoms with Gasteiger partial charge in [-0.2, -0.15) is 0 Å². The second kappa shape index (κ2) is 6.59. The largest absolute Gasteiger partial charge is 0.305 e. The van der Waals surface area contributed by atoms with Crippen LogP contribution in [0.2, 0.25) is 0 Å². The summed E-state index contributed by atoms with van der Waals surface area (Å²) in [7, 11) is -1.20. The predicted molar refractivity (Wildman–Crippen MR) is 55.7 cm³/mol. The van der Waals surface area contributed by atoms with Gasteiger partial charge in [0.05, 0.1) is 5.75 Å². The molecule has 0 rings (SSSR count). The van der Waals surface area contributed by atoms with Crippen molar-refractivity contribution in [3.8, 4) is 0 Å². The number of rotatable bonds is 7. The fraction of sp³-hybridized carbons (Fsp3) is 1.00. The van der Waals surface area contributed by atoms with Gasteiger partial charge < -0.3 is 4.90 Å².